The number of Topliss-reactive ketones (excluding diaryl/α,β-unsaturated/α-hetero) is 6. The van der Waals surface area contributed by atoms with Crippen LogP contribution in [-0.2, 0) is 32.7 Å². The van der Waals surface area contributed by atoms with E-state index >= 15 is 0 Å². The number of piperazine rings is 6. The van der Waals surface area contributed by atoms with Crippen molar-refractivity contribution in [1.82, 2.24) is 29.4 Å². The summed E-state index contributed by atoms with van der Waals surface area (Å²) in [5, 5.41) is 1.64. The van der Waals surface area contributed by atoms with Crippen molar-refractivity contribution in [1.29, 1.82) is 0 Å². The number of carbonyl (C=O) groups excluding carboxylic acids is 6. The fraction of sp³-hybridized carbons (Fsp3) is 0.395. The number of benzene rings is 10. The van der Waals surface area contributed by atoms with E-state index in [1.165, 1.54) is 96.5 Å². The fourth-order valence-corrected chi connectivity index (χ4v) is 20.0. The van der Waals surface area contributed by atoms with Gasteiger partial charge in [0.2, 0.25) is 0 Å². The lowest BCUT2D eigenvalue weighted by Gasteiger charge is -2.37. The highest BCUT2D eigenvalue weighted by molar-refractivity contribution is 7.11. The molecule has 10 aromatic carbocycles. The molecule has 1 unspecified atom stereocenters. The SMILES string of the molecule is CC(=O)c1ccc(N2CCN(CC(C)CCC=C(C)C)CC2)cc1.CC(=O)c1ccc(N2CCN(Cc3ccc(C)c(C)c3C)CC2)cc1.CC(=O)c1ccc(N2CCN(Cc3ccc(C)cc3F)CC2)cc1.CC(=O)c1ccc(N2CCN(Cc3ccc(C)s3)CC2)cc1.CC(=O)c1ccc(N2CCN(Cc3cccc(Cl)c3)CC2)cc1.CC(=O)c1ccc(N2CCN(Cc3ccccc3Cl)CC2)cc1. The van der Waals surface area contributed by atoms with E-state index < -0.39 is 0 Å². The molecule has 0 radical (unpaired) electrons. The number of hydrogen-bond donors (Lipinski definition) is 0. The summed E-state index contributed by atoms with van der Waals surface area (Å²) < 4.78 is 14.0. The number of thiophene rings is 1. The lowest BCUT2D eigenvalue weighted by molar-refractivity contribution is 0.100. The molecular weight excluding hydrogens is 1820 g/mol. The molecule has 0 bridgehead atoms. The van der Waals surface area contributed by atoms with Gasteiger partial charge in [-0.2, -0.15) is 0 Å². The van der Waals surface area contributed by atoms with Crippen LogP contribution in [0.25, 0.3) is 0 Å². The molecule has 7 heterocycles. The Morgan fingerprint density at radius 2 is 0.652 bits per heavy atom. The third-order valence-corrected chi connectivity index (χ3v) is 29.4. The van der Waals surface area contributed by atoms with Gasteiger partial charge in [-0.3, -0.25) is 58.2 Å². The summed E-state index contributed by atoms with van der Waals surface area (Å²) in [5.74, 6) is 1.34. The average molecular weight is 1960 g/mol. The maximum absolute atomic E-state index is 14.0. The minimum absolute atomic E-state index is 0.0893. The van der Waals surface area contributed by atoms with E-state index in [9.17, 15) is 33.2 Å². The van der Waals surface area contributed by atoms with Gasteiger partial charge in [-0.15, -0.1) is 11.3 Å². The number of carbonyl (C=O) groups is 6. The van der Waals surface area contributed by atoms with Crippen LogP contribution in [-0.4, -0.2) is 228 Å². The van der Waals surface area contributed by atoms with Crippen molar-refractivity contribution in [2.45, 2.75) is 142 Å². The van der Waals surface area contributed by atoms with Gasteiger partial charge in [0.1, 0.15) is 5.82 Å². The van der Waals surface area contributed by atoms with Crippen molar-refractivity contribution in [3.05, 3.63) is 352 Å². The van der Waals surface area contributed by atoms with Gasteiger partial charge in [0, 0.05) is 289 Å². The van der Waals surface area contributed by atoms with Gasteiger partial charge in [0.25, 0.3) is 0 Å². The van der Waals surface area contributed by atoms with Crippen molar-refractivity contribution in [3.8, 4) is 0 Å². The van der Waals surface area contributed by atoms with Gasteiger partial charge in [0.15, 0.2) is 34.7 Å². The van der Waals surface area contributed by atoms with Crippen LogP contribution in [0.15, 0.2) is 248 Å². The van der Waals surface area contributed by atoms with E-state index in [1.807, 2.05) is 176 Å². The van der Waals surface area contributed by atoms with Crippen LogP contribution in [0.4, 0.5) is 38.5 Å². The Kier molecular flexibility index (Phi) is 41.8. The number of hydrogen-bond acceptors (Lipinski definition) is 19. The topological polar surface area (TPSA) is 141 Å². The van der Waals surface area contributed by atoms with Crippen molar-refractivity contribution >= 4 is 103 Å². The molecule has 22 heteroatoms. The molecule has 1 aromatic heterocycles. The number of anilines is 6. The normalized spacial score (nSPS) is 15.8. The van der Waals surface area contributed by atoms with Crippen LogP contribution in [0.5, 0.6) is 0 Å². The quantitative estimate of drug-likeness (QED) is 0.0356. The maximum Gasteiger partial charge on any atom is 0.159 e. The standard InChI is InChI=1S/C22H28N2O.C21H32N2O.C20H23FN2O.2C19H21ClN2O.C18H22N2OS/c1-16-5-6-21(18(3)17(16)2)15-23-11-13-24(14-12-23)22-9-7-20(8-10-22)19(4)25;1-17(2)6-5-7-18(3)16-22-12-14-23(15-13-22)21-10-8-20(9-11-21)19(4)24;1-15-3-4-18(20(21)13-15)14-22-9-11-23(12-10-22)19-7-5-17(6-8-19)16(2)24;1-15(23)17-5-7-19(8-6-17)22-11-9-21(10-12-22)14-16-3-2-4-18(20)13-16;1-15(23)16-6-8-18(9-7-16)22-12-10-21(11-13-22)14-17-4-2-3-5-19(17)20;1-14-3-8-18(22-14)13-19-9-11-20(12-10-19)17-6-4-16(5-7-17)15(2)21/h5-10H,11-15H2,1-4H3;6,8-11,18H,5,7,12-16H2,1-4H3;3-8,13H,9-12,14H2,1-2H3;2-8,13H,9-12,14H2,1H3;2-9H,10-14H2,1H3;3-8H,9-13H2,1-2H3. The van der Waals surface area contributed by atoms with Crippen molar-refractivity contribution < 1.29 is 33.2 Å². The molecule has 0 spiro atoms. The molecule has 6 fully saturated rings. The summed E-state index contributed by atoms with van der Waals surface area (Å²) >= 11 is 14.2. The van der Waals surface area contributed by atoms with Crippen LogP contribution in [0, 0.1) is 46.4 Å². The summed E-state index contributed by atoms with van der Waals surface area (Å²) in [6.45, 7) is 57.4. The van der Waals surface area contributed by atoms with Gasteiger partial charge < -0.3 is 29.4 Å². The predicted octanol–water partition coefficient (Wildman–Crippen LogP) is 23.5. The first-order valence-electron chi connectivity index (χ1n) is 50.3. The molecule has 17 rings (SSSR count). The molecule has 11 aromatic rings. The molecule has 6 saturated heterocycles. The maximum atomic E-state index is 14.0. The van der Waals surface area contributed by atoms with E-state index in [4.69, 9.17) is 23.2 Å². The van der Waals surface area contributed by atoms with Gasteiger partial charge in [-0.25, -0.2) is 4.39 Å². The van der Waals surface area contributed by atoms with E-state index in [-0.39, 0.29) is 40.5 Å². The second kappa shape index (κ2) is 54.3. The van der Waals surface area contributed by atoms with E-state index in [2.05, 4.69) is 186 Å². The summed E-state index contributed by atoms with van der Waals surface area (Å²) in [4.78, 5) is 100. The van der Waals surface area contributed by atoms with Crippen LogP contribution < -0.4 is 29.4 Å². The molecule has 746 valence electrons. The van der Waals surface area contributed by atoms with Gasteiger partial charge in [0.05, 0.1) is 0 Å². The van der Waals surface area contributed by atoms with E-state index in [1.54, 1.807) is 47.6 Å². The van der Waals surface area contributed by atoms with Gasteiger partial charge in [-0.05, 0) is 330 Å². The Labute approximate surface area is 853 Å². The zero-order chi connectivity index (χ0) is 101. The monoisotopic (exact) mass is 1960 g/mol. The number of nitrogens with zero attached hydrogens (tertiary/aromatic N) is 12. The average Bonchev–Trinajstić information content (AvgIpc) is 1.12. The largest absolute Gasteiger partial charge is 0.369 e. The first kappa shape index (κ1) is 109. The minimum Gasteiger partial charge on any atom is -0.369 e. The highest BCUT2D eigenvalue weighted by Crippen LogP contribution is 2.30. The Hall–Kier alpha value is -11.3. The summed E-state index contributed by atoms with van der Waals surface area (Å²) in [7, 11) is 0. The van der Waals surface area contributed by atoms with Crippen LogP contribution >= 0.6 is 34.5 Å². The third-order valence-electron chi connectivity index (χ3n) is 27.8. The van der Waals surface area contributed by atoms with Crippen LogP contribution in [0.1, 0.15) is 192 Å². The zero-order valence-electron chi connectivity index (χ0n) is 85.7. The molecule has 0 saturated carbocycles. The van der Waals surface area contributed by atoms with Crippen molar-refractivity contribution in [2.24, 2.45) is 5.92 Å². The third kappa shape index (κ3) is 34.0. The van der Waals surface area contributed by atoms with Crippen molar-refractivity contribution in [2.75, 3.05) is 193 Å². The van der Waals surface area contributed by atoms with Gasteiger partial charge in [-0.1, -0.05) is 96.4 Å². The van der Waals surface area contributed by atoms with Crippen molar-refractivity contribution in [3.63, 3.8) is 0 Å². The Bertz CT molecular complexity index is 5890. The second-order valence-electron chi connectivity index (χ2n) is 38.8. The first-order valence-corrected chi connectivity index (χ1v) is 51.8. The Morgan fingerprint density at radius 3 is 0.979 bits per heavy atom. The molecule has 1 atom stereocenters. The number of ketones is 6. The fourth-order valence-electron chi connectivity index (χ4n) is 18.6. The minimum atomic E-state index is -0.114. The Balaban J connectivity index is 0.000000151. The molecule has 0 N–H and O–H groups in total. The lowest BCUT2D eigenvalue weighted by atomic mass is 9.98. The molecular formula is C119H147Cl2FN12O6S. The molecule has 6 aliphatic heterocycles. The number of rotatable bonds is 27. The summed E-state index contributed by atoms with van der Waals surface area (Å²) in [6.07, 6.45) is 4.82. The second-order valence-corrected chi connectivity index (χ2v) is 41.0. The van der Waals surface area contributed by atoms with Crippen LogP contribution in [0.2, 0.25) is 10.0 Å². The smallest absolute Gasteiger partial charge is 0.159 e. The number of halogens is 3. The molecule has 18 nitrogen and oxygen atoms in total. The molecule has 141 heavy (non-hydrogen) atoms. The Morgan fingerprint density at radius 1 is 0.326 bits per heavy atom. The predicted molar refractivity (Wildman–Crippen MR) is 586 cm³/mol. The number of aryl methyl sites for hydroxylation is 3. The summed E-state index contributed by atoms with van der Waals surface area (Å²) in [6, 6.07) is 78.2. The van der Waals surface area contributed by atoms with E-state index in [0.29, 0.717) is 6.54 Å². The lowest BCUT2D eigenvalue weighted by Crippen LogP contribution is -2.47. The molecule has 0 amide bonds. The van der Waals surface area contributed by atoms with Gasteiger partial charge >= 0.3 is 0 Å². The molecule has 6 aliphatic rings. The number of allylic oxidation sites excluding steroid dienone is 2. The molecule has 0 aliphatic carbocycles. The first-order chi connectivity index (χ1) is 67.8. The van der Waals surface area contributed by atoms with E-state index in [0.717, 1.165) is 249 Å². The highest BCUT2D eigenvalue weighted by atomic mass is 35.5. The zero-order valence-corrected chi connectivity index (χ0v) is 88.0. The highest BCUT2D eigenvalue weighted by Gasteiger charge is 2.27. The summed E-state index contributed by atoms with van der Waals surface area (Å²) in [5.41, 5.74) is 23.1. The van der Waals surface area contributed by atoms with Crippen LogP contribution in [0.3, 0.4) is 0 Å².